The van der Waals surface area contributed by atoms with E-state index in [-0.39, 0.29) is 5.91 Å². The topological polar surface area (TPSA) is 72.8 Å². The summed E-state index contributed by atoms with van der Waals surface area (Å²) < 4.78 is 11.7. The number of nitrogens with one attached hydrogen (secondary N) is 1. The van der Waals surface area contributed by atoms with E-state index in [4.69, 9.17) is 37.7 Å². The predicted molar refractivity (Wildman–Crippen MR) is 161 cm³/mol. The van der Waals surface area contributed by atoms with E-state index in [0.29, 0.717) is 51.6 Å². The second kappa shape index (κ2) is 12.6. The lowest BCUT2D eigenvalue weighted by Gasteiger charge is -2.14. The van der Waals surface area contributed by atoms with Crippen LogP contribution in [-0.2, 0) is 6.61 Å². The molecule has 0 fully saturated rings. The number of fused-ring (bicyclic) bond motifs is 1. The maximum Gasteiger partial charge on any atom is 0.272 e. The number of hydrazone groups is 1. The van der Waals surface area contributed by atoms with Crippen molar-refractivity contribution in [3.8, 4) is 22.8 Å². The molecule has 0 spiro atoms. The number of carbonyl (C=O) groups is 1. The van der Waals surface area contributed by atoms with Gasteiger partial charge in [-0.2, -0.15) is 5.10 Å². The molecule has 200 valence electrons. The van der Waals surface area contributed by atoms with Crippen LogP contribution in [0.4, 0.5) is 0 Å². The zero-order valence-electron chi connectivity index (χ0n) is 21.6. The van der Waals surface area contributed by atoms with Gasteiger partial charge in [0.2, 0.25) is 0 Å². The second-order valence-electron chi connectivity index (χ2n) is 8.82. The fraction of sp³-hybridized carbons (Fsp3) is 0.0938. The van der Waals surface area contributed by atoms with Crippen LogP contribution in [-0.4, -0.2) is 23.7 Å². The third-order valence-corrected chi connectivity index (χ3v) is 6.57. The Hall–Kier alpha value is -4.39. The summed E-state index contributed by atoms with van der Waals surface area (Å²) in [5, 5.41) is 5.94. The van der Waals surface area contributed by atoms with Gasteiger partial charge in [0.1, 0.15) is 6.61 Å². The molecule has 0 atom stereocenters. The van der Waals surface area contributed by atoms with Crippen molar-refractivity contribution in [2.24, 2.45) is 5.10 Å². The van der Waals surface area contributed by atoms with E-state index < -0.39 is 0 Å². The van der Waals surface area contributed by atoms with Crippen molar-refractivity contribution in [1.29, 1.82) is 0 Å². The quantitative estimate of drug-likeness (QED) is 0.144. The van der Waals surface area contributed by atoms with Gasteiger partial charge in [-0.25, -0.2) is 10.4 Å². The molecule has 1 amide bonds. The maximum atomic E-state index is 13.2. The predicted octanol–water partition coefficient (Wildman–Crippen LogP) is 7.95. The minimum absolute atomic E-state index is 0.297. The van der Waals surface area contributed by atoms with Gasteiger partial charge in [0.25, 0.3) is 5.91 Å². The number of benzene rings is 4. The number of pyridine rings is 1. The fourth-order valence-corrected chi connectivity index (χ4v) is 4.55. The number of aromatic nitrogens is 1. The maximum absolute atomic E-state index is 13.2. The third-order valence-electron chi connectivity index (χ3n) is 6.04. The molecule has 4 aromatic carbocycles. The van der Waals surface area contributed by atoms with E-state index in [1.807, 2.05) is 73.7 Å². The summed E-state index contributed by atoms with van der Waals surface area (Å²) >= 11 is 12.5. The highest BCUT2D eigenvalue weighted by atomic mass is 35.5. The smallest absolute Gasteiger partial charge is 0.272 e. The lowest BCUT2D eigenvalue weighted by atomic mass is 10.0. The molecule has 0 saturated heterocycles. The first kappa shape index (κ1) is 27.2. The van der Waals surface area contributed by atoms with Gasteiger partial charge in [0.15, 0.2) is 11.5 Å². The summed E-state index contributed by atoms with van der Waals surface area (Å²) in [4.78, 5) is 18.0. The standard InChI is InChI=1S/C32H25Cl2N3O3/c1-2-39-30-17-22(16-27(34)31(30)40-20-21-12-14-24(33)15-13-21)19-35-37-32(38)26-18-29(23-8-4-3-5-9-23)36-28-11-7-6-10-25(26)28/h3-19H,2,20H2,1H3,(H,37,38)/b35-19+. The molecule has 1 N–H and O–H groups in total. The monoisotopic (exact) mass is 569 g/mol. The van der Waals surface area contributed by atoms with Gasteiger partial charge in [-0.3, -0.25) is 4.79 Å². The molecule has 0 unspecified atom stereocenters. The normalized spacial score (nSPS) is 11.1. The number of nitrogens with zero attached hydrogens (tertiary/aromatic N) is 2. The number of hydrogen-bond donors (Lipinski definition) is 1. The first-order chi connectivity index (χ1) is 19.5. The summed E-state index contributed by atoms with van der Waals surface area (Å²) in [6, 6.07) is 29.9. The molecule has 0 saturated carbocycles. The average molecular weight is 570 g/mol. The van der Waals surface area contributed by atoms with Gasteiger partial charge in [-0.15, -0.1) is 0 Å². The van der Waals surface area contributed by atoms with E-state index in [0.717, 1.165) is 22.0 Å². The van der Waals surface area contributed by atoms with Crippen molar-refractivity contribution >= 4 is 46.2 Å². The number of amides is 1. The zero-order valence-corrected chi connectivity index (χ0v) is 23.1. The van der Waals surface area contributed by atoms with E-state index >= 15 is 0 Å². The molecule has 1 aromatic heterocycles. The van der Waals surface area contributed by atoms with Crippen LogP contribution < -0.4 is 14.9 Å². The Bertz CT molecular complexity index is 1670. The Balaban J connectivity index is 1.36. The molecule has 0 bridgehead atoms. The van der Waals surface area contributed by atoms with Gasteiger partial charge in [-0.1, -0.05) is 83.9 Å². The van der Waals surface area contributed by atoms with Crippen LogP contribution in [0.25, 0.3) is 22.2 Å². The molecule has 1 heterocycles. The summed E-state index contributed by atoms with van der Waals surface area (Å²) in [5.41, 5.74) is 7.03. The number of hydrogen-bond acceptors (Lipinski definition) is 5. The van der Waals surface area contributed by atoms with Gasteiger partial charge in [-0.05, 0) is 54.4 Å². The summed E-state index contributed by atoms with van der Waals surface area (Å²) in [6.07, 6.45) is 1.51. The number of carbonyl (C=O) groups excluding carboxylic acids is 1. The van der Waals surface area contributed by atoms with E-state index in [2.05, 4.69) is 10.5 Å². The number of halogens is 2. The van der Waals surface area contributed by atoms with Crippen molar-refractivity contribution in [3.05, 3.63) is 124 Å². The average Bonchev–Trinajstić information content (AvgIpc) is 2.97. The van der Waals surface area contributed by atoms with Crippen molar-refractivity contribution < 1.29 is 14.3 Å². The lowest BCUT2D eigenvalue weighted by Crippen LogP contribution is -2.18. The molecule has 0 radical (unpaired) electrons. The summed E-state index contributed by atoms with van der Waals surface area (Å²) in [6.45, 7) is 2.59. The van der Waals surface area contributed by atoms with Crippen molar-refractivity contribution in [2.45, 2.75) is 13.5 Å². The van der Waals surface area contributed by atoms with E-state index in [1.54, 1.807) is 30.3 Å². The van der Waals surface area contributed by atoms with E-state index in [9.17, 15) is 4.79 Å². The van der Waals surface area contributed by atoms with Crippen LogP contribution in [0.2, 0.25) is 10.0 Å². The Morgan fingerprint density at radius 2 is 1.68 bits per heavy atom. The van der Waals surface area contributed by atoms with E-state index in [1.165, 1.54) is 6.21 Å². The molecular weight excluding hydrogens is 545 g/mol. The zero-order chi connectivity index (χ0) is 27.9. The van der Waals surface area contributed by atoms with Crippen LogP contribution in [0.1, 0.15) is 28.4 Å². The molecule has 6 nitrogen and oxygen atoms in total. The van der Waals surface area contributed by atoms with Crippen LogP contribution >= 0.6 is 23.2 Å². The SMILES string of the molecule is CCOc1cc(/C=N/NC(=O)c2cc(-c3ccccc3)nc3ccccc23)cc(Cl)c1OCc1ccc(Cl)cc1. The van der Waals surface area contributed by atoms with Gasteiger partial charge in [0.05, 0.1) is 34.6 Å². The van der Waals surface area contributed by atoms with Crippen LogP contribution in [0.15, 0.2) is 102 Å². The Kier molecular flexibility index (Phi) is 8.59. The minimum atomic E-state index is -0.355. The van der Waals surface area contributed by atoms with Crippen LogP contribution in [0.3, 0.4) is 0 Å². The molecule has 0 aliphatic carbocycles. The molecule has 8 heteroatoms. The Morgan fingerprint density at radius 3 is 2.45 bits per heavy atom. The third kappa shape index (κ3) is 6.42. The first-order valence-corrected chi connectivity index (χ1v) is 13.4. The largest absolute Gasteiger partial charge is 0.490 e. The second-order valence-corrected chi connectivity index (χ2v) is 9.66. The molecule has 0 aliphatic rings. The fourth-order valence-electron chi connectivity index (χ4n) is 4.15. The number of para-hydroxylation sites is 1. The van der Waals surface area contributed by atoms with Gasteiger partial charge >= 0.3 is 0 Å². The minimum Gasteiger partial charge on any atom is -0.490 e. The Morgan fingerprint density at radius 1 is 0.925 bits per heavy atom. The molecule has 5 rings (SSSR count). The highest BCUT2D eigenvalue weighted by Gasteiger charge is 2.15. The highest BCUT2D eigenvalue weighted by Crippen LogP contribution is 2.37. The van der Waals surface area contributed by atoms with Gasteiger partial charge in [0, 0.05) is 16.0 Å². The first-order valence-electron chi connectivity index (χ1n) is 12.6. The van der Waals surface area contributed by atoms with Crippen LogP contribution in [0.5, 0.6) is 11.5 Å². The Labute approximate surface area is 242 Å². The molecular formula is C32H25Cl2N3O3. The molecule has 40 heavy (non-hydrogen) atoms. The van der Waals surface area contributed by atoms with Crippen molar-refractivity contribution in [1.82, 2.24) is 10.4 Å². The van der Waals surface area contributed by atoms with Crippen LogP contribution in [0, 0.1) is 0 Å². The number of ether oxygens (including phenoxy) is 2. The van der Waals surface area contributed by atoms with Gasteiger partial charge < -0.3 is 9.47 Å². The summed E-state index contributed by atoms with van der Waals surface area (Å²) in [7, 11) is 0. The highest BCUT2D eigenvalue weighted by molar-refractivity contribution is 6.32. The molecule has 5 aromatic rings. The van der Waals surface area contributed by atoms with Crippen molar-refractivity contribution in [3.63, 3.8) is 0 Å². The lowest BCUT2D eigenvalue weighted by molar-refractivity contribution is 0.0956. The number of rotatable bonds is 9. The molecule has 0 aliphatic heterocycles. The van der Waals surface area contributed by atoms with Crippen molar-refractivity contribution in [2.75, 3.05) is 6.61 Å². The summed E-state index contributed by atoms with van der Waals surface area (Å²) in [5.74, 6) is 0.548.